The van der Waals surface area contributed by atoms with E-state index in [9.17, 15) is 0 Å². The second kappa shape index (κ2) is 10.2. The molecular formula is C43H32BN3S. The average Bonchev–Trinajstić information content (AvgIpc) is 3.64. The Bertz CT molecular complexity index is 2340. The van der Waals surface area contributed by atoms with Gasteiger partial charge in [-0.3, -0.25) is 0 Å². The number of para-hydroxylation sites is 3. The molecule has 3 aliphatic rings. The minimum absolute atomic E-state index is 0.0915. The highest BCUT2D eigenvalue weighted by Crippen LogP contribution is 2.56. The van der Waals surface area contributed by atoms with Gasteiger partial charge in [0.05, 0.1) is 17.1 Å². The highest BCUT2D eigenvalue weighted by Gasteiger charge is 2.53. The Morgan fingerprint density at radius 2 is 1.06 bits per heavy atom. The Morgan fingerprint density at radius 3 is 1.75 bits per heavy atom. The number of benzene rings is 6. The van der Waals surface area contributed by atoms with Crippen LogP contribution in [0, 0.1) is 0 Å². The van der Waals surface area contributed by atoms with Gasteiger partial charge in [0.25, 0.3) is 6.71 Å². The van der Waals surface area contributed by atoms with Crippen molar-refractivity contribution in [1.29, 1.82) is 0 Å². The van der Waals surface area contributed by atoms with Crippen LogP contribution in [0.1, 0.15) is 13.8 Å². The molecule has 3 aliphatic heterocycles. The fourth-order valence-electron chi connectivity index (χ4n) is 8.46. The van der Waals surface area contributed by atoms with Crippen LogP contribution in [0.25, 0.3) is 21.6 Å². The van der Waals surface area contributed by atoms with Gasteiger partial charge in [-0.2, -0.15) is 0 Å². The van der Waals surface area contributed by atoms with Crippen molar-refractivity contribution in [3.05, 3.63) is 158 Å². The van der Waals surface area contributed by atoms with Crippen LogP contribution in [0.5, 0.6) is 0 Å². The SMILES string of the molecule is CC1(C)N(c2ccccc2)c2cccc3c2N1c1cccc2c1B3c1sc(-c3ccccc3)c(-c3ccccc3)c1N2c1ccccc1. The molecule has 0 saturated heterocycles. The van der Waals surface area contributed by atoms with Crippen LogP contribution in [0.15, 0.2) is 158 Å². The van der Waals surface area contributed by atoms with E-state index in [0.717, 1.165) is 0 Å². The molecule has 0 unspecified atom stereocenters. The van der Waals surface area contributed by atoms with Gasteiger partial charge in [0.2, 0.25) is 0 Å². The van der Waals surface area contributed by atoms with Gasteiger partial charge in [0.15, 0.2) is 0 Å². The normalized spacial score (nSPS) is 14.9. The van der Waals surface area contributed by atoms with Gasteiger partial charge in [-0.05, 0) is 78.4 Å². The lowest BCUT2D eigenvalue weighted by atomic mass is 9.36. The number of hydrogen-bond acceptors (Lipinski definition) is 4. The molecule has 3 nitrogen and oxygen atoms in total. The summed E-state index contributed by atoms with van der Waals surface area (Å²) < 4.78 is 1.39. The van der Waals surface area contributed by atoms with Gasteiger partial charge in [-0.1, -0.05) is 115 Å². The average molecular weight is 634 g/mol. The van der Waals surface area contributed by atoms with Gasteiger partial charge in [-0.25, -0.2) is 0 Å². The zero-order valence-electron chi connectivity index (χ0n) is 26.8. The van der Waals surface area contributed by atoms with Crippen LogP contribution in [0.4, 0.5) is 39.8 Å². The maximum absolute atomic E-state index is 2.61. The quantitative estimate of drug-likeness (QED) is 0.179. The van der Waals surface area contributed by atoms with Crippen LogP contribution in [0.2, 0.25) is 0 Å². The van der Waals surface area contributed by atoms with E-state index in [-0.39, 0.29) is 12.4 Å². The first-order valence-electron chi connectivity index (χ1n) is 16.7. The molecule has 0 amide bonds. The standard InChI is InChI=1S/C43H32BN3S/c1-43(2)46(32-23-13-6-14-24-32)36-28-15-25-33-39(36)47(43)35-27-16-26-34-38(35)44(33)42-40(45(34)31-21-11-5-12-22-31)37(29-17-7-3-8-18-29)41(48-42)30-19-9-4-10-20-30/h3-28H,1-2H3. The van der Waals surface area contributed by atoms with Gasteiger partial charge in [0, 0.05) is 38.0 Å². The largest absolute Gasteiger partial charge is 0.317 e. The van der Waals surface area contributed by atoms with Crippen molar-refractivity contribution in [3.8, 4) is 21.6 Å². The van der Waals surface area contributed by atoms with Crippen molar-refractivity contribution < 1.29 is 0 Å². The van der Waals surface area contributed by atoms with E-state index >= 15 is 0 Å². The van der Waals surface area contributed by atoms with Crippen molar-refractivity contribution in [2.24, 2.45) is 0 Å². The van der Waals surface area contributed by atoms with E-state index in [0.29, 0.717) is 0 Å². The number of thiophene rings is 1. The molecule has 0 fully saturated rings. The van der Waals surface area contributed by atoms with E-state index in [4.69, 9.17) is 0 Å². The Balaban J connectivity index is 1.33. The molecule has 1 aromatic heterocycles. The van der Waals surface area contributed by atoms with Crippen LogP contribution in [-0.4, -0.2) is 12.4 Å². The molecule has 0 radical (unpaired) electrons. The molecule has 6 aromatic carbocycles. The topological polar surface area (TPSA) is 9.72 Å². The molecular weight excluding hydrogens is 601 g/mol. The molecule has 4 heterocycles. The van der Waals surface area contributed by atoms with E-state index in [2.05, 4.69) is 186 Å². The molecule has 0 saturated carbocycles. The van der Waals surface area contributed by atoms with Crippen LogP contribution >= 0.6 is 11.3 Å². The second-order valence-electron chi connectivity index (χ2n) is 13.3. The monoisotopic (exact) mass is 633 g/mol. The molecule has 0 spiro atoms. The summed E-state index contributed by atoms with van der Waals surface area (Å²) in [4.78, 5) is 8.99. The van der Waals surface area contributed by atoms with Gasteiger partial charge < -0.3 is 14.7 Å². The highest BCUT2D eigenvalue weighted by molar-refractivity contribution is 7.31. The van der Waals surface area contributed by atoms with Crippen LogP contribution < -0.4 is 30.4 Å². The van der Waals surface area contributed by atoms with Crippen molar-refractivity contribution in [3.63, 3.8) is 0 Å². The van der Waals surface area contributed by atoms with Gasteiger partial charge in [-0.15, -0.1) is 11.3 Å². The van der Waals surface area contributed by atoms with Gasteiger partial charge in [0.1, 0.15) is 5.66 Å². The molecule has 48 heavy (non-hydrogen) atoms. The molecule has 228 valence electrons. The first-order chi connectivity index (χ1) is 23.6. The van der Waals surface area contributed by atoms with Gasteiger partial charge >= 0.3 is 0 Å². The first kappa shape index (κ1) is 27.6. The van der Waals surface area contributed by atoms with E-state index in [1.54, 1.807) is 0 Å². The lowest BCUT2D eigenvalue weighted by Gasteiger charge is -2.46. The number of fused-ring (bicyclic) bond motifs is 4. The van der Waals surface area contributed by atoms with E-state index < -0.39 is 0 Å². The summed E-state index contributed by atoms with van der Waals surface area (Å²) in [5.41, 5.74) is 15.0. The van der Waals surface area contributed by atoms with Crippen molar-refractivity contribution in [1.82, 2.24) is 0 Å². The predicted octanol–water partition coefficient (Wildman–Crippen LogP) is 9.72. The third-order valence-electron chi connectivity index (χ3n) is 10.3. The van der Waals surface area contributed by atoms with E-state index in [1.165, 1.54) is 77.1 Å². The summed E-state index contributed by atoms with van der Waals surface area (Å²) in [5, 5.41) is 0. The summed E-state index contributed by atoms with van der Waals surface area (Å²) >= 11 is 1.96. The number of anilines is 7. The lowest BCUT2D eigenvalue weighted by Crippen LogP contribution is -2.62. The van der Waals surface area contributed by atoms with Crippen molar-refractivity contribution in [2.75, 3.05) is 14.7 Å². The molecule has 5 heteroatoms. The number of hydrogen-bond donors (Lipinski definition) is 0. The third kappa shape index (κ3) is 3.71. The van der Waals surface area contributed by atoms with E-state index in [1.807, 2.05) is 11.3 Å². The summed E-state index contributed by atoms with van der Waals surface area (Å²) in [6, 6.07) is 57.6. The minimum atomic E-state index is -0.336. The summed E-state index contributed by atoms with van der Waals surface area (Å²) in [6.07, 6.45) is 0. The zero-order valence-corrected chi connectivity index (χ0v) is 27.7. The minimum Gasteiger partial charge on any atom is -0.317 e. The second-order valence-corrected chi connectivity index (χ2v) is 14.3. The smallest absolute Gasteiger partial charge is 0.264 e. The lowest BCUT2D eigenvalue weighted by molar-refractivity contribution is 0.541. The number of nitrogens with zero attached hydrogens (tertiary/aromatic N) is 3. The van der Waals surface area contributed by atoms with Crippen molar-refractivity contribution in [2.45, 2.75) is 19.5 Å². The maximum Gasteiger partial charge on any atom is 0.264 e. The Kier molecular flexibility index (Phi) is 5.88. The Labute approximate surface area is 286 Å². The third-order valence-corrected chi connectivity index (χ3v) is 11.6. The maximum atomic E-state index is 2.61. The van der Waals surface area contributed by atoms with Crippen LogP contribution in [0.3, 0.4) is 0 Å². The fraction of sp³-hybridized carbons (Fsp3) is 0.0698. The predicted molar refractivity (Wildman–Crippen MR) is 206 cm³/mol. The zero-order chi connectivity index (χ0) is 32.0. The first-order valence-corrected chi connectivity index (χ1v) is 17.5. The molecule has 0 aliphatic carbocycles. The van der Waals surface area contributed by atoms with Crippen molar-refractivity contribution >= 4 is 73.6 Å². The number of rotatable bonds is 4. The molecule has 10 rings (SSSR count). The summed E-state index contributed by atoms with van der Waals surface area (Å²) in [6.45, 7) is 4.81. The molecule has 0 atom stereocenters. The highest BCUT2D eigenvalue weighted by atomic mass is 32.1. The summed E-state index contributed by atoms with van der Waals surface area (Å²) in [7, 11) is 0. The molecule has 7 aromatic rings. The van der Waals surface area contributed by atoms with Crippen LogP contribution in [-0.2, 0) is 0 Å². The molecule has 0 N–H and O–H groups in total. The molecule has 0 bridgehead atoms. The Morgan fingerprint density at radius 1 is 0.500 bits per heavy atom. The Hall–Kier alpha value is -5.52. The fourth-order valence-corrected chi connectivity index (χ4v) is 9.91. The summed E-state index contributed by atoms with van der Waals surface area (Å²) in [5.74, 6) is 0.